The molecule has 0 bridgehead atoms. The van der Waals surface area contributed by atoms with Crippen molar-refractivity contribution in [2.45, 2.75) is 38.3 Å². The van der Waals surface area contributed by atoms with Gasteiger partial charge in [0.05, 0.1) is 17.2 Å². The Morgan fingerprint density at radius 3 is 2.55 bits per heavy atom. The normalized spacial score (nSPS) is 16.1. The smallest absolute Gasteiger partial charge is 0.385 e. The zero-order chi connectivity index (χ0) is 14.6. The van der Waals surface area contributed by atoms with Crippen LogP contribution < -0.4 is 5.32 Å². The summed E-state index contributed by atoms with van der Waals surface area (Å²) >= 11 is 0. The van der Waals surface area contributed by atoms with E-state index in [1.54, 1.807) is 6.07 Å². The summed E-state index contributed by atoms with van der Waals surface area (Å²) in [5.41, 5.74) is -0.628. The number of hydrogen-bond donors (Lipinski definition) is 1. The minimum Gasteiger partial charge on any atom is -0.385 e. The predicted octanol–water partition coefficient (Wildman–Crippen LogP) is 4.57. The molecule has 0 aliphatic heterocycles. The summed E-state index contributed by atoms with van der Waals surface area (Å²) in [5.74, 6) is 0.729. The van der Waals surface area contributed by atoms with Crippen molar-refractivity contribution in [3.05, 3.63) is 29.3 Å². The Hall–Kier alpha value is -1.70. The van der Waals surface area contributed by atoms with Crippen LogP contribution in [-0.4, -0.2) is 6.54 Å². The number of halogens is 3. The Bertz CT molecular complexity index is 497. The molecule has 1 aliphatic carbocycles. The lowest BCUT2D eigenvalue weighted by Crippen LogP contribution is -2.10. The van der Waals surface area contributed by atoms with Crippen molar-refractivity contribution in [1.82, 2.24) is 0 Å². The first-order valence-corrected chi connectivity index (χ1v) is 6.86. The molecule has 2 nitrogen and oxygen atoms in total. The summed E-state index contributed by atoms with van der Waals surface area (Å²) in [5, 5.41) is 11.9. The molecule has 0 unspecified atom stereocenters. The van der Waals surface area contributed by atoms with Gasteiger partial charge < -0.3 is 5.32 Å². The molecular formula is C15H17F3N2. The lowest BCUT2D eigenvalue weighted by molar-refractivity contribution is -0.137. The predicted molar refractivity (Wildman–Crippen MR) is 71.2 cm³/mol. The van der Waals surface area contributed by atoms with Crippen LogP contribution in [0.1, 0.15) is 43.2 Å². The molecule has 1 fully saturated rings. The molecule has 1 aromatic carbocycles. The van der Waals surface area contributed by atoms with E-state index in [2.05, 4.69) is 5.32 Å². The van der Waals surface area contributed by atoms with E-state index in [0.29, 0.717) is 5.69 Å². The van der Waals surface area contributed by atoms with Crippen LogP contribution in [0.25, 0.3) is 0 Å². The van der Waals surface area contributed by atoms with Gasteiger partial charge in [0, 0.05) is 12.2 Å². The van der Waals surface area contributed by atoms with Crippen molar-refractivity contribution in [3.8, 4) is 6.07 Å². The van der Waals surface area contributed by atoms with E-state index in [-0.39, 0.29) is 5.56 Å². The van der Waals surface area contributed by atoms with Gasteiger partial charge in [0.2, 0.25) is 0 Å². The molecule has 0 atom stereocenters. The summed E-state index contributed by atoms with van der Waals surface area (Å²) in [6.45, 7) is 0.737. The van der Waals surface area contributed by atoms with Crippen LogP contribution in [-0.2, 0) is 6.18 Å². The van der Waals surface area contributed by atoms with Crippen molar-refractivity contribution < 1.29 is 13.2 Å². The SMILES string of the molecule is N#Cc1cc(NCCC2CCCC2)ccc1C(F)(F)F. The molecule has 0 saturated heterocycles. The second-order valence-electron chi connectivity index (χ2n) is 5.24. The quantitative estimate of drug-likeness (QED) is 0.878. The van der Waals surface area contributed by atoms with Gasteiger partial charge in [0.1, 0.15) is 0 Å². The second-order valence-corrected chi connectivity index (χ2v) is 5.24. The van der Waals surface area contributed by atoms with Crippen molar-refractivity contribution >= 4 is 5.69 Å². The minimum atomic E-state index is -4.48. The fourth-order valence-corrected chi connectivity index (χ4v) is 2.71. The van der Waals surface area contributed by atoms with Crippen molar-refractivity contribution in [2.75, 3.05) is 11.9 Å². The van der Waals surface area contributed by atoms with Crippen LogP contribution in [0.15, 0.2) is 18.2 Å². The van der Waals surface area contributed by atoms with Gasteiger partial charge in [-0.05, 0) is 30.5 Å². The lowest BCUT2D eigenvalue weighted by Gasteiger charge is -2.13. The largest absolute Gasteiger partial charge is 0.417 e. The molecular weight excluding hydrogens is 265 g/mol. The maximum Gasteiger partial charge on any atom is 0.417 e. The van der Waals surface area contributed by atoms with Crippen molar-refractivity contribution in [2.24, 2.45) is 5.92 Å². The average Bonchev–Trinajstić information content (AvgIpc) is 2.90. The summed E-state index contributed by atoms with van der Waals surface area (Å²) < 4.78 is 38.0. The molecule has 1 aliphatic rings. The number of alkyl halides is 3. The highest BCUT2D eigenvalue weighted by Crippen LogP contribution is 2.33. The Labute approximate surface area is 116 Å². The van der Waals surface area contributed by atoms with Gasteiger partial charge in [-0.3, -0.25) is 0 Å². The minimum absolute atomic E-state index is 0.330. The number of anilines is 1. The highest BCUT2D eigenvalue weighted by Gasteiger charge is 2.33. The summed E-state index contributed by atoms with van der Waals surface area (Å²) in [6, 6.07) is 5.25. The van der Waals surface area contributed by atoms with Crippen LogP contribution in [0.2, 0.25) is 0 Å². The van der Waals surface area contributed by atoms with Gasteiger partial charge in [0.25, 0.3) is 0 Å². The van der Waals surface area contributed by atoms with E-state index >= 15 is 0 Å². The third kappa shape index (κ3) is 3.66. The summed E-state index contributed by atoms with van der Waals surface area (Å²) in [6.07, 6.45) is 1.61. The van der Waals surface area contributed by atoms with Crippen molar-refractivity contribution in [3.63, 3.8) is 0 Å². The van der Waals surface area contributed by atoms with E-state index in [1.807, 2.05) is 0 Å². The number of nitrogens with zero attached hydrogens (tertiary/aromatic N) is 1. The molecule has 0 amide bonds. The lowest BCUT2D eigenvalue weighted by atomic mass is 10.0. The summed E-state index contributed by atoms with van der Waals surface area (Å²) in [7, 11) is 0. The van der Waals surface area contributed by atoms with Crippen LogP contribution in [0.5, 0.6) is 0 Å². The maximum atomic E-state index is 12.7. The maximum absolute atomic E-state index is 12.7. The van der Waals surface area contributed by atoms with Crippen LogP contribution in [0.3, 0.4) is 0 Å². The van der Waals surface area contributed by atoms with Gasteiger partial charge in [0.15, 0.2) is 0 Å². The van der Waals surface area contributed by atoms with Gasteiger partial charge in [-0.2, -0.15) is 18.4 Å². The van der Waals surface area contributed by atoms with E-state index in [9.17, 15) is 13.2 Å². The standard InChI is InChI=1S/C15H17F3N2/c16-15(17,18)14-6-5-13(9-12(14)10-19)20-8-7-11-3-1-2-4-11/h5-6,9,11,20H,1-4,7-8H2. The van der Waals surface area contributed by atoms with E-state index in [0.717, 1.165) is 24.9 Å². The van der Waals surface area contributed by atoms with Crippen LogP contribution >= 0.6 is 0 Å². The third-order valence-electron chi connectivity index (χ3n) is 3.80. The number of nitrogens with one attached hydrogen (secondary N) is 1. The first-order valence-electron chi connectivity index (χ1n) is 6.86. The fraction of sp³-hybridized carbons (Fsp3) is 0.533. The zero-order valence-electron chi connectivity index (χ0n) is 11.1. The molecule has 108 valence electrons. The average molecular weight is 282 g/mol. The third-order valence-corrected chi connectivity index (χ3v) is 3.80. The molecule has 20 heavy (non-hydrogen) atoms. The van der Waals surface area contributed by atoms with Gasteiger partial charge in [-0.15, -0.1) is 0 Å². The first-order chi connectivity index (χ1) is 9.50. The Morgan fingerprint density at radius 1 is 1.25 bits per heavy atom. The molecule has 0 spiro atoms. The highest BCUT2D eigenvalue weighted by molar-refractivity contribution is 5.53. The van der Waals surface area contributed by atoms with Gasteiger partial charge in [-0.1, -0.05) is 25.7 Å². The zero-order valence-corrected chi connectivity index (χ0v) is 11.1. The molecule has 0 radical (unpaired) electrons. The Kier molecular flexibility index (Phi) is 4.53. The topological polar surface area (TPSA) is 35.8 Å². The first kappa shape index (κ1) is 14.7. The Balaban J connectivity index is 1.97. The number of rotatable bonds is 4. The fourth-order valence-electron chi connectivity index (χ4n) is 2.71. The molecule has 5 heteroatoms. The molecule has 1 saturated carbocycles. The number of benzene rings is 1. The van der Waals surface area contributed by atoms with E-state index in [4.69, 9.17) is 5.26 Å². The van der Waals surface area contributed by atoms with E-state index in [1.165, 1.54) is 37.8 Å². The number of hydrogen-bond acceptors (Lipinski definition) is 2. The van der Waals surface area contributed by atoms with Gasteiger partial charge in [-0.25, -0.2) is 0 Å². The van der Waals surface area contributed by atoms with Crippen LogP contribution in [0.4, 0.5) is 18.9 Å². The highest BCUT2D eigenvalue weighted by atomic mass is 19.4. The molecule has 0 aromatic heterocycles. The molecule has 2 rings (SSSR count). The number of nitriles is 1. The molecule has 1 N–H and O–H groups in total. The van der Waals surface area contributed by atoms with E-state index < -0.39 is 11.7 Å². The Morgan fingerprint density at radius 2 is 1.95 bits per heavy atom. The van der Waals surface area contributed by atoms with Crippen molar-refractivity contribution in [1.29, 1.82) is 5.26 Å². The molecule has 1 aromatic rings. The summed E-state index contributed by atoms with van der Waals surface area (Å²) in [4.78, 5) is 0. The van der Waals surface area contributed by atoms with Crippen LogP contribution in [0, 0.1) is 17.2 Å². The monoisotopic (exact) mass is 282 g/mol. The molecule has 0 heterocycles. The second kappa shape index (κ2) is 6.17. The van der Waals surface area contributed by atoms with Gasteiger partial charge >= 0.3 is 6.18 Å².